The van der Waals surface area contributed by atoms with Crippen molar-refractivity contribution in [3.05, 3.63) is 0 Å². The van der Waals surface area contributed by atoms with Crippen LogP contribution >= 0.6 is 0 Å². The third kappa shape index (κ3) is 6.47. The molecule has 2 unspecified atom stereocenters. The number of ether oxygens (including phenoxy) is 1. The first-order valence-electron chi connectivity index (χ1n) is 10.5. The first-order chi connectivity index (χ1) is 11.8. The van der Waals surface area contributed by atoms with Gasteiger partial charge in [0, 0.05) is 13.1 Å². The summed E-state index contributed by atoms with van der Waals surface area (Å²) in [7, 11) is 0. The second-order valence-corrected chi connectivity index (χ2v) is 9.32. The summed E-state index contributed by atoms with van der Waals surface area (Å²) in [5, 5.41) is 3.51. The van der Waals surface area contributed by atoms with Crippen LogP contribution in [-0.4, -0.2) is 42.8 Å². The molecule has 0 aromatic heterocycles. The molecule has 1 amide bonds. The zero-order valence-electron chi connectivity index (χ0n) is 17.1. The van der Waals surface area contributed by atoms with Gasteiger partial charge in [-0.15, -0.1) is 0 Å². The van der Waals surface area contributed by atoms with Gasteiger partial charge in [-0.2, -0.15) is 0 Å². The summed E-state index contributed by atoms with van der Waals surface area (Å²) in [6.45, 7) is 15.1. The number of hydrogen-bond donors (Lipinski definition) is 1. The lowest BCUT2D eigenvalue weighted by atomic mass is 9.83. The van der Waals surface area contributed by atoms with Crippen molar-refractivity contribution in [2.75, 3.05) is 26.2 Å². The highest BCUT2D eigenvalue weighted by atomic mass is 16.6. The Morgan fingerprint density at radius 3 is 2.40 bits per heavy atom. The minimum Gasteiger partial charge on any atom is -0.443 e. The van der Waals surface area contributed by atoms with Crippen molar-refractivity contribution in [3.8, 4) is 0 Å². The van der Waals surface area contributed by atoms with Crippen molar-refractivity contribution in [3.63, 3.8) is 0 Å². The Labute approximate surface area is 155 Å². The first-order valence-corrected chi connectivity index (χ1v) is 10.5. The van der Waals surface area contributed by atoms with Crippen LogP contribution in [-0.2, 0) is 4.74 Å². The van der Waals surface area contributed by atoms with E-state index in [1.54, 1.807) is 0 Å². The molecule has 2 rings (SSSR count). The topological polar surface area (TPSA) is 41.6 Å². The number of piperidine rings is 2. The van der Waals surface area contributed by atoms with Crippen molar-refractivity contribution in [2.24, 2.45) is 23.7 Å². The van der Waals surface area contributed by atoms with Crippen molar-refractivity contribution in [1.82, 2.24) is 10.2 Å². The SMILES string of the molecule is CC(C)C1CCN(C(=O)OC(C)(C)CCC(C)C2CCCNC2)CC1. The van der Waals surface area contributed by atoms with Crippen LogP contribution in [0.5, 0.6) is 0 Å². The van der Waals surface area contributed by atoms with Gasteiger partial charge in [0.25, 0.3) is 0 Å². The minimum absolute atomic E-state index is 0.112. The summed E-state index contributed by atoms with van der Waals surface area (Å²) in [5.41, 5.74) is -0.373. The molecule has 2 saturated heterocycles. The number of likely N-dealkylation sites (tertiary alicyclic amines) is 1. The van der Waals surface area contributed by atoms with E-state index in [1.807, 2.05) is 4.90 Å². The van der Waals surface area contributed by atoms with Crippen LogP contribution in [0.3, 0.4) is 0 Å². The van der Waals surface area contributed by atoms with Gasteiger partial charge in [-0.25, -0.2) is 4.79 Å². The van der Waals surface area contributed by atoms with E-state index in [0.717, 1.165) is 57.2 Å². The highest BCUT2D eigenvalue weighted by molar-refractivity contribution is 5.68. The van der Waals surface area contributed by atoms with E-state index < -0.39 is 0 Å². The number of hydrogen-bond acceptors (Lipinski definition) is 3. The molecule has 0 bridgehead atoms. The summed E-state index contributed by atoms with van der Waals surface area (Å²) in [5.74, 6) is 2.93. The Balaban J connectivity index is 1.73. The molecule has 2 aliphatic rings. The minimum atomic E-state index is -0.373. The van der Waals surface area contributed by atoms with Crippen molar-refractivity contribution in [1.29, 1.82) is 0 Å². The molecule has 25 heavy (non-hydrogen) atoms. The second-order valence-electron chi connectivity index (χ2n) is 9.32. The largest absolute Gasteiger partial charge is 0.443 e. The molecule has 0 saturated carbocycles. The number of nitrogens with one attached hydrogen (secondary N) is 1. The van der Waals surface area contributed by atoms with E-state index in [1.165, 1.54) is 19.4 Å². The molecular formula is C21H40N2O2. The van der Waals surface area contributed by atoms with Gasteiger partial charge in [0.1, 0.15) is 5.60 Å². The number of nitrogens with zero attached hydrogens (tertiary/aromatic N) is 1. The number of rotatable bonds is 6. The van der Waals surface area contributed by atoms with Gasteiger partial charge in [-0.05, 0) is 89.1 Å². The van der Waals surface area contributed by atoms with Gasteiger partial charge in [0.15, 0.2) is 0 Å². The van der Waals surface area contributed by atoms with E-state index in [0.29, 0.717) is 11.8 Å². The molecule has 2 atom stereocenters. The van der Waals surface area contributed by atoms with Crippen LogP contribution < -0.4 is 5.32 Å². The number of carbonyl (C=O) groups excluding carboxylic acids is 1. The highest BCUT2D eigenvalue weighted by Gasteiger charge is 2.31. The molecule has 0 aromatic carbocycles. The summed E-state index contributed by atoms with van der Waals surface area (Å²) < 4.78 is 5.88. The molecule has 2 fully saturated rings. The van der Waals surface area contributed by atoms with Gasteiger partial charge in [-0.3, -0.25) is 0 Å². The highest BCUT2D eigenvalue weighted by Crippen LogP contribution is 2.29. The molecule has 4 nitrogen and oxygen atoms in total. The van der Waals surface area contributed by atoms with Crippen molar-refractivity contribution < 1.29 is 9.53 Å². The number of carbonyl (C=O) groups is 1. The van der Waals surface area contributed by atoms with E-state index in [4.69, 9.17) is 4.74 Å². The molecule has 146 valence electrons. The summed E-state index contributed by atoms with van der Waals surface area (Å²) in [6.07, 6.45) is 6.80. The van der Waals surface area contributed by atoms with Crippen LogP contribution in [0.15, 0.2) is 0 Å². The molecular weight excluding hydrogens is 312 g/mol. The van der Waals surface area contributed by atoms with Gasteiger partial charge in [0.05, 0.1) is 0 Å². The van der Waals surface area contributed by atoms with Crippen molar-refractivity contribution >= 4 is 6.09 Å². The smallest absolute Gasteiger partial charge is 0.410 e. The Kier molecular flexibility index (Phi) is 7.60. The first kappa shape index (κ1) is 20.5. The fourth-order valence-corrected chi connectivity index (χ4v) is 4.28. The zero-order valence-corrected chi connectivity index (χ0v) is 17.1. The van der Waals surface area contributed by atoms with Gasteiger partial charge < -0.3 is 15.0 Å². The van der Waals surface area contributed by atoms with Crippen LogP contribution in [0.2, 0.25) is 0 Å². The molecule has 0 radical (unpaired) electrons. The summed E-state index contributed by atoms with van der Waals surface area (Å²) in [4.78, 5) is 14.4. The molecule has 0 aromatic rings. The maximum Gasteiger partial charge on any atom is 0.410 e. The second kappa shape index (κ2) is 9.25. The Morgan fingerprint density at radius 1 is 1.16 bits per heavy atom. The van der Waals surface area contributed by atoms with E-state index in [-0.39, 0.29) is 11.7 Å². The fraction of sp³-hybridized carbons (Fsp3) is 0.952. The van der Waals surface area contributed by atoms with Crippen LogP contribution in [0.1, 0.15) is 73.1 Å². The van der Waals surface area contributed by atoms with Crippen LogP contribution in [0, 0.1) is 23.7 Å². The number of amides is 1. The monoisotopic (exact) mass is 352 g/mol. The quantitative estimate of drug-likeness (QED) is 0.754. The molecule has 2 heterocycles. The lowest BCUT2D eigenvalue weighted by Crippen LogP contribution is -2.43. The normalized spacial score (nSPS) is 24.4. The van der Waals surface area contributed by atoms with E-state index >= 15 is 0 Å². The average molecular weight is 353 g/mol. The Bertz CT molecular complexity index is 408. The summed E-state index contributed by atoms with van der Waals surface area (Å²) >= 11 is 0. The molecule has 0 aliphatic carbocycles. The summed E-state index contributed by atoms with van der Waals surface area (Å²) in [6, 6.07) is 0. The lowest BCUT2D eigenvalue weighted by molar-refractivity contribution is -0.00275. The van der Waals surface area contributed by atoms with Crippen LogP contribution in [0.4, 0.5) is 4.79 Å². The third-order valence-corrected chi connectivity index (χ3v) is 6.45. The Hall–Kier alpha value is -0.770. The average Bonchev–Trinajstić information content (AvgIpc) is 2.60. The standard InChI is InChI=1S/C21H40N2O2/c1-16(2)18-9-13-23(14-10-18)20(24)25-21(4,5)11-8-17(3)19-7-6-12-22-15-19/h16-19,22H,6-15H2,1-5H3. The van der Waals surface area contributed by atoms with Gasteiger partial charge >= 0.3 is 6.09 Å². The molecule has 2 aliphatic heterocycles. The zero-order chi connectivity index (χ0) is 18.4. The third-order valence-electron chi connectivity index (χ3n) is 6.45. The maximum atomic E-state index is 12.5. The van der Waals surface area contributed by atoms with Gasteiger partial charge in [-0.1, -0.05) is 20.8 Å². The predicted octanol–water partition coefficient (Wildman–Crippen LogP) is 4.69. The van der Waals surface area contributed by atoms with E-state index in [2.05, 4.69) is 39.9 Å². The van der Waals surface area contributed by atoms with Crippen molar-refractivity contribution in [2.45, 2.75) is 78.7 Å². The molecule has 0 spiro atoms. The molecule has 1 N–H and O–H groups in total. The predicted molar refractivity (Wildman–Crippen MR) is 104 cm³/mol. The maximum absolute atomic E-state index is 12.5. The lowest BCUT2D eigenvalue weighted by Gasteiger charge is -2.36. The van der Waals surface area contributed by atoms with Crippen LogP contribution in [0.25, 0.3) is 0 Å². The Morgan fingerprint density at radius 2 is 1.84 bits per heavy atom. The fourth-order valence-electron chi connectivity index (χ4n) is 4.28. The molecule has 4 heteroatoms. The van der Waals surface area contributed by atoms with E-state index in [9.17, 15) is 4.79 Å². The van der Waals surface area contributed by atoms with Gasteiger partial charge in [0.2, 0.25) is 0 Å².